The molecule has 3 nitrogen and oxygen atoms in total. The van der Waals surface area contributed by atoms with Gasteiger partial charge in [0.25, 0.3) is 0 Å². The Hall–Kier alpha value is -0.220. The molecule has 1 aliphatic rings. The molecule has 0 aromatic rings. The summed E-state index contributed by atoms with van der Waals surface area (Å²) in [5.74, 6) is 2.52. The monoisotopic (exact) mass is 259 g/mol. The van der Waals surface area contributed by atoms with Crippen molar-refractivity contribution in [1.29, 1.82) is 0 Å². The topological polar surface area (TPSA) is 49.3 Å². The fourth-order valence-electron chi connectivity index (χ4n) is 2.17. The van der Waals surface area contributed by atoms with Gasteiger partial charge in [-0.1, -0.05) is 26.7 Å². The molecule has 17 heavy (non-hydrogen) atoms. The van der Waals surface area contributed by atoms with Crippen molar-refractivity contribution in [3.63, 3.8) is 0 Å². The molecule has 1 atom stereocenters. The molecule has 4 heteroatoms. The predicted octanol–water partition coefficient (Wildman–Crippen LogP) is 2.19. The Morgan fingerprint density at radius 2 is 2.12 bits per heavy atom. The Kier molecular flexibility index (Phi) is 6.34. The Balaban J connectivity index is 2.22. The third-order valence-corrected chi connectivity index (χ3v) is 4.34. The van der Waals surface area contributed by atoms with Crippen molar-refractivity contribution in [3.05, 3.63) is 0 Å². The highest BCUT2D eigenvalue weighted by Gasteiger charge is 2.29. The van der Waals surface area contributed by atoms with Crippen LogP contribution in [0, 0.1) is 5.92 Å². The van der Waals surface area contributed by atoms with Crippen LogP contribution in [0.15, 0.2) is 0 Å². The van der Waals surface area contributed by atoms with E-state index in [9.17, 15) is 9.90 Å². The van der Waals surface area contributed by atoms with Crippen LogP contribution in [0.3, 0.4) is 0 Å². The molecule has 0 saturated carbocycles. The molecule has 0 aliphatic carbocycles. The lowest BCUT2D eigenvalue weighted by Crippen LogP contribution is -2.45. The molecule has 1 rings (SSSR count). The van der Waals surface area contributed by atoms with Gasteiger partial charge in [-0.05, 0) is 30.3 Å². The lowest BCUT2D eigenvalue weighted by molar-refractivity contribution is -0.123. The first-order chi connectivity index (χ1) is 8.06. The fourth-order valence-corrected chi connectivity index (χ4v) is 3.43. The number of aliphatic hydroxyl groups is 1. The smallest absolute Gasteiger partial charge is 0.220 e. The van der Waals surface area contributed by atoms with E-state index in [-0.39, 0.29) is 5.91 Å². The van der Waals surface area contributed by atoms with E-state index >= 15 is 0 Å². The summed E-state index contributed by atoms with van der Waals surface area (Å²) in [5.41, 5.74) is -0.658. The van der Waals surface area contributed by atoms with Crippen molar-refractivity contribution >= 4 is 17.7 Å². The van der Waals surface area contributed by atoms with Crippen LogP contribution in [0.4, 0.5) is 0 Å². The number of hydrogen-bond donors (Lipinski definition) is 2. The van der Waals surface area contributed by atoms with E-state index in [1.807, 2.05) is 11.8 Å². The van der Waals surface area contributed by atoms with Crippen molar-refractivity contribution in [2.24, 2.45) is 5.92 Å². The number of hydrogen-bond acceptors (Lipinski definition) is 3. The van der Waals surface area contributed by atoms with Gasteiger partial charge in [0.1, 0.15) is 0 Å². The summed E-state index contributed by atoms with van der Waals surface area (Å²) >= 11 is 1.88. The summed E-state index contributed by atoms with van der Waals surface area (Å²) < 4.78 is 0. The highest BCUT2D eigenvalue weighted by Crippen LogP contribution is 2.26. The molecule has 0 bridgehead atoms. The zero-order chi connectivity index (χ0) is 12.7. The van der Waals surface area contributed by atoms with E-state index in [0.717, 1.165) is 37.2 Å². The summed E-state index contributed by atoms with van der Waals surface area (Å²) in [5, 5.41) is 13.1. The normalized spacial score (nSPS) is 20.9. The fraction of sp³-hybridized carbons (Fsp3) is 0.923. The largest absolute Gasteiger partial charge is 0.388 e. The zero-order valence-electron chi connectivity index (χ0n) is 11.0. The number of carbonyl (C=O) groups is 1. The zero-order valence-corrected chi connectivity index (χ0v) is 11.8. The van der Waals surface area contributed by atoms with Gasteiger partial charge in [0, 0.05) is 13.0 Å². The molecular weight excluding hydrogens is 234 g/mol. The van der Waals surface area contributed by atoms with Crippen molar-refractivity contribution < 1.29 is 9.90 Å². The summed E-state index contributed by atoms with van der Waals surface area (Å²) in [6.07, 6.45) is 4.38. The van der Waals surface area contributed by atoms with E-state index < -0.39 is 5.60 Å². The second kappa shape index (κ2) is 7.27. The molecule has 0 spiro atoms. The van der Waals surface area contributed by atoms with Gasteiger partial charge in [-0.15, -0.1) is 0 Å². The lowest BCUT2D eigenvalue weighted by atomic mass is 9.96. The molecule has 1 fully saturated rings. The van der Waals surface area contributed by atoms with E-state index in [4.69, 9.17) is 0 Å². The third kappa shape index (κ3) is 5.77. The molecule has 1 unspecified atom stereocenters. The van der Waals surface area contributed by atoms with Gasteiger partial charge in [-0.3, -0.25) is 4.79 Å². The number of carbonyl (C=O) groups excluding carboxylic acids is 1. The molecule has 1 saturated heterocycles. The summed E-state index contributed by atoms with van der Waals surface area (Å²) in [4.78, 5) is 11.7. The Labute approximate surface area is 109 Å². The van der Waals surface area contributed by atoms with Crippen LogP contribution < -0.4 is 5.32 Å². The maximum absolute atomic E-state index is 11.7. The average Bonchev–Trinajstić information content (AvgIpc) is 2.28. The highest BCUT2D eigenvalue weighted by molar-refractivity contribution is 7.99. The standard InChI is InChI=1S/C13H25NO2S/c1-3-4-11(2)9-12(15)14-10-13(16)5-7-17-8-6-13/h11,16H,3-10H2,1-2H3,(H,14,15). The minimum atomic E-state index is -0.658. The Bertz CT molecular complexity index is 240. The second-order valence-corrected chi connectivity index (χ2v) is 6.44. The number of thioether (sulfide) groups is 1. The van der Waals surface area contributed by atoms with Crippen molar-refractivity contribution in [1.82, 2.24) is 5.32 Å². The van der Waals surface area contributed by atoms with E-state index in [0.29, 0.717) is 18.9 Å². The van der Waals surface area contributed by atoms with E-state index in [1.54, 1.807) is 0 Å². The number of rotatable bonds is 6. The molecule has 100 valence electrons. The van der Waals surface area contributed by atoms with Gasteiger partial charge < -0.3 is 10.4 Å². The maximum atomic E-state index is 11.7. The maximum Gasteiger partial charge on any atom is 0.220 e. The quantitative estimate of drug-likeness (QED) is 0.769. The van der Waals surface area contributed by atoms with Crippen LogP contribution in [0.2, 0.25) is 0 Å². The highest BCUT2D eigenvalue weighted by atomic mass is 32.2. The molecule has 0 aromatic heterocycles. The summed E-state index contributed by atoms with van der Waals surface area (Å²) in [6, 6.07) is 0. The minimum absolute atomic E-state index is 0.0811. The molecule has 1 heterocycles. The summed E-state index contributed by atoms with van der Waals surface area (Å²) in [6.45, 7) is 4.66. The van der Waals surface area contributed by atoms with Crippen molar-refractivity contribution in [3.8, 4) is 0 Å². The van der Waals surface area contributed by atoms with Gasteiger partial charge in [0.15, 0.2) is 0 Å². The van der Waals surface area contributed by atoms with Gasteiger partial charge >= 0.3 is 0 Å². The first-order valence-corrected chi connectivity index (χ1v) is 7.78. The van der Waals surface area contributed by atoms with Gasteiger partial charge in [-0.2, -0.15) is 11.8 Å². The van der Waals surface area contributed by atoms with Crippen molar-refractivity contribution in [2.45, 2.75) is 51.6 Å². The second-order valence-electron chi connectivity index (χ2n) is 5.21. The van der Waals surface area contributed by atoms with Gasteiger partial charge in [0.05, 0.1) is 5.60 Å². The van der Waals surface area contributed by atoms with Gasteiger partial charge in [-0.25, -0.2) is 0 Å². The van der Waals surface area contributed by atoms with Crippen LogP contribution in [-0.4, -0.2) is 34.7 Å². The minimum Gasteiger partial charge on any atom is -0.388 e. The molecule has 0 radical (unpaired) electrons. The lowest BCUT2D eigenvalue weighted by Gasteiger charge is -2.31. The Morgan fingerprint density at radius 3 is 2.71 bits per heavy atom. The van der Waals surface area contributed by atoms with Crippen LogP contribution in [0.25, 0.3) is 0 Å². The summed E-state index contributed by atoms with van der Waals surface area (Å²) in [7, 11) is 0. The third-order valence-electron chi connectivity index (χ3n) is 3.35. The first-order valence-electron chi connectivity index (χ1n) is 6.62. The molecular formula is C13H25NO2S. The molecule has 2 N–H and O–H groups in total. The predicted molar refractivity (Wildman–Crippen MR) is 73.2 cm³/mol. The van der Waals surface area contributed by atoms with Crippen LogP contribution in [0.1, 0.15) is 46.0 Å². The van der Waals surface area contributed by atoms with Gasteiger partial charge in [0.2, 0.25) is 5.91 Å². The van der Waals surface area contributed by atoms with Crippen LogP contribution >= 0.6 is 11.8 Å². The van der Waals surface area contributed by atoms with E-state index in [2.05, 4.69) is 19.2 Å². The molecule has 1 aliphatic heterocycles. The van der Waals surface area contributed by atoms with Crippen molar-refractivity contribution in [2.75, 3.05) is 18.1 Å². The first kappa shape index (κ1) is 14.8. The van der Waals surface area contributed by atoms with E-state index in [1.165, 1.54) is 0 Å². The number of nitrogens with one attached hydrogen (secondary N) is 1. The molecule has 0 aromatic carbocycles. The SMILES string of the molecule is CCCC(C)CC(=O)NCC1(O)CCSCC1. The average molecular weight is 259 g/mol. The molecule has 1 amide bonds. The Morgan fingerprint density at radius 1 is 1.47 bits per heavy atom. The van der Waals surface area contributed by atoms with Crippen LogP contribution in [0.5, 0.6) is 0 Å². The van der Waals surface area contributed by atoms with Crippen LogP contribution in [-0.2, 0) is 4.79 Å². The number of amides is 1.